The molecule has 0 radical (unpaired) electrons. The summed E-state index contributed by atoms with van der Waals surface area (Å²) in [7, 11) is 3.93. The number of aromatic nitrogens is 2. The molecule has 1 aromatic heterocycles. The minimum atomic E-state index is -0.305. The molecule has 0 aliphatic heterocycles. The molecule has 31 heavy (non-hydrogen) atoms. The van der Waals surface area contributed by atoms with Crippen LogP contribution in [0.4, 0.5) is 4.39 Å². The monoisotopic (exact) mass is 544 g/mol. The van der Waals surface area contributed by atoms with Crippen molar-refractivity contribution in [1.82, 2.24) is 25.3 Å². The molecule has 7 nitrogen and oxygen atoms in total. The van der Waals surface area contributed by atoms with E-state index in [2.05, 4.69) is 39.5 Å². The Kier molecular flexibility index (Phi) is 11.5. The van der Waals surface area contributed by atoms with Gasteiger partial charge in [0.2, 0.25) is 5.91 Å². The number of halogens is 2. The molecule has 1 heterocycles. The number of carbonyl (C=O) groups excluding carboxylic acids is 1. The van der Waals surface area contributed by atoms with Gasteiger partial charge in [0.25, 0.3) is 0 Å². The predicted molar refractivity (Wildman–Crippen MR) is 133 cm³/mol. The number of benzene rings is 1. The second-order valence-electron chi connectivity index (χ2n) is 7.61. The standard InChI is InChI=1S/C22H33FN6O.HI/c1-6-24-22(28(4)14-18-15-29(5)27-21(18)16(2)3)26-12-11-25-20(30)13-17-7-9-19(23)10-8-17;/h7-10,15-16H,6,11-14H2,1-5H3,(H,24,26)(H,25,30);1H. The lowest BCUT2D eigenvalue weighted by atomic mass is 10.1. The number of amides is 1. The minimum Gasteiger partial charge on any atom is -0.357 e. The highest BCUT2D eigenvalue weighted by atomic mass is 127. The molecule has 0 bridgehead atoms. The lowest BCUT2D eigenvalue weighted by Crippen LogP contribution is -2.39. The van der Waals surface area contributed by atoms with Gasteiger partial charge in [0.15, 0.2) is 5.96 Å². The van der Waals surface area contributed by atoms with Gasteiger partial charge in [-0.1, -0.05) is 26.0 Å². The Morgan fingerprint density at radius 3 is 2.55 bits per heavy atom. The van der Waals surface area contributed by atoms with Crippen LogP contribution in [0, 0.1) is 5.82 Å². The summed E-state index contributed by atoms with van der Waals surface area (Å²) in [6.07, 6.45) is 2.27. The number of hydrogen-bond donors (Lipinski definition) is 2. The van der Waals surface area contributed by atoms with Gasteiger partial charge in [0.05, 0.1) is 18.7 Å². The zero-order chi connectivity index (χ0) is 22.1. The van der Waals surface area contributed by atoms with E-state index in [0.717, 1.165) is 23.8 Å². The first kappa shape index (κ1) is 26.9. The van der Waals surface area contributed by atoms with E-state index in [0.29, 0.717) is 25.6 Å². The van der Waals surface area contributed by atoms with Crippen LogP contribution in [-0.2, 0) is 24.8 Å². The van der Waals surface area contributed by atoms with Gasteiger partial charge < -0.3 is 15.5 Å². The Morgan fingerprint density at radius 1 is 1.26 bits per heavy atom. The van der Waals surface area contributed by atoms with Gasteiger partial charge in [-0.05, 0) is 30.5 Å². The Balaban J connectivity index is 0.00000480. The topological polar surface area (TPSA) is 74.6 Å². The summed E-state index contributed by atoms with van der Waals surface area (Å²) in [6.45, 7) is 8.66. The summed E-state index contributed by atoms with van der Waals surface area (Å²) in [5.41, 5.74) is 3.05. The van der Waals surface area contributed by atoms with Gasteiger partial charge in [-0.25, -0.2) is 4.39 Å². The molecule has 2 rings (SSSR count). The largest absolute Gasteiger partial charge is 0.357 e. The number of hydrogen-bond acceptors (Lipinski definition) is 3. The zero-order valence-corrected chi connectivity index (χ0v) is 21.3. The van der Waals surface area contributed by atoms with E-state index < -0.39 is 0 Å². The van der Waals surface area contributed by atoms with Crippen LogP contribution < -0.4 is 10.6 Å². The average molecular weight is 544 g/mol. The zero-order valence-electron chi connectivity index (χ0n) is 19.0. The van der Waals surface area contributed by atoms with Crippen molar-refractivity contribution in [3.8, 4) is 0 Å². The smallest absolute Gasteiger partial charge is 0.224 e. The van der Waals surface area contributed by atoms with Gasteiger partial charge in [-0.3, -0.25) is 14.5 Å². The van der Waals surface area contributed by atoms with Crippen molar-refractivity contribution >= 4 is 35.8 Å². The number of aliphatic imine (C=N–C) groups is 1. The van der Waals surface area contributed by atoms with Crippen LogP contribution >= 0.6 is 24.0 Å². The van der Waals surface area contributed by atoms with Crippen molar-refractivity contribution in [2.45, 2.75) is 39.7 Å². The molecule has 0 aliphatic carbocycles. The van der Waals surface area contributed by atoms with Gasteiger partial charge in [0, 0.05) is 45.5 Å². The van der Waals surface area contributed by atoms with Crippen LogP contribution in [0.2, 0.25) is 0 Å². The Hall–Kier alpha value is -2.17. The van der Waals surface area contributed by atoms with Crippen molar-refractivity contribution in [2.24, 2.45) is 12.0 Å². The average Bonchev–Trinajstić information content (AvgIpc) is 3.06. The summed E-state index contributed by atoms with van der Waals surface area (Å²) >= 11 is 0. The van der Waals surface area contributed by atoms with E-state index in [9.17, 15) is 9.18 Å². The third-order valence-electron chi connectivity index (χ3n) is 4.56. The van der Waals surface area contributed by atoms with E-state index in [1.165, 1.54) is 17.7 Å². The molecular formula is C22H34FIN6O. The second-order valence-corrected chi connectivity index (χ2v) is 7.61. The van der Waals surface area contributed by atoms with Crippen LogP contribution in [0.3, 0.4) is 0 Å². The third kappa shape index (κ3) is 8.84. The fourth-order valence-electron chi connectivity index (χ4n) is 3.17. The molecule has 1 aromatic carbocycles. The predicted octanol–water partition coefficient (Wildman–Crippen LogP) is 3.06. The van der Waals surface area contributed by atoms with Gasteiger partial charge in [0.1, 0.15) is 5.82 Å². The first-order valence-electron chi connectivity index (χ1n) is 10.3. The molecule has 0 unspecified atom stereocenters. The second kappa shape index (κ2) is 13.3. The van der Waals surface area contributed by atoms with Gasteiger partial charge >= 0.3 is 0 Å². The van der Waals surface area contributed by atoms with Crippen LogP contribution in [-0.4, -0.2) is 53.2 Å². The number of carbonyl (C=O) groups is 1. The molecule has 0 spiro atoms. The number of aryl methyl sites for hydroxylation is 1. The van der Waals surface area contributed by atoms with Crippen molar-refractivity contribution in [2.75, 3.05) is 26.7 Å². The van der Waals surface area contributed by atoms with Crippen LogP contribution in [0.15, 0.2) is 35.5 Å². The maximum atomic E-state index is 12.9. The number of rotatable bonds is 9. The molecule has 0 saturated heterocycles. The summed E-state index contributed by atoms with van der Waals surface area (Å²) in [6, 6.07) is 5.96. The van der Waals surface area contributed by atoms with Crippen molar-refractivity contribution in [3.63, 3.8) is 0 Å². The van der Waals surface area contributed by atoms with E-state index in [-0.39, 0.29) is 42.1 Å². The lowest BCUT2D eigenvalue weighted by molar-refractivity contribution is -0.120. The SMILES string of the molecule is CCNC(=NCCNC(=O)Cc1ccc(F)cc1)N(C)Cc1cn(C)nc1C(C)C.I. The van der Waals surface area contributed by atoms with Crippen molar-refractivity contribution in [1.29, 1.82) is 0 Å². The Bertz CT molecular complexity index is 850. The van der Waals surface area contributed by atoms with Crippen LogP contribution in [0.1, 0.15) is 43.5 Å². The normalized spacial score (nSPS) is 11.3. The Morgan fingerprint density at radius 2 is 1.94 bits per heavy atom. The van der Waals surface area contributed by atoms with E-state index >= 15 is 0 Å². The number of nitrogens with zero attached hydrogens (tertiary/aromatic N) is 4. The Labute approximate surface area is 201 Å². The summed E-state index contributed by atoms with van der Waals surface area (Å²) in [5.74, 6) is 0.724. The maximum Gasteiger partial charge on any atom is 0.224 e. The molecule has 0 fully saturated rings. The van der Waals surface area contributed by atoms with E-state index in [1.807, 2.05) is 31.9 Å². The summed E-state index contributed by atoms with van der Waals surface area (Å²) in [4.78, 5) is 18.7. The molecule has 0 atom stereocenters. The maximum absolute atomic E-state index is 12.9. The van der Waals surface area contributed by atoms with E-state index in [1.54, 1.807) is 12.1 Å². The molecule has 0 saturated carbocycles. The first-order valence-corrected chi connectivity index (χ1v) is 10.3. The first-order chi connectivity index (χ1) is 14.3. The lowest BCUT2D eigenvalue weighted by Gasteiger charge is -2.22. The highest BCUT2D eigenvalue weighted by Crippen LogP contribution is 2.18. The molecule has 2 aromatic rings. The molecular weight excluding hydrogens is 510 g/mol. The van der Waals surface area contributed by atoms with Crippen LogP contribution in [0.25, 0.3) is 0 Å². The quantitative estimate of drug-likeness (QED) is 0.220. The van der Waals surface area contributed by atoms with Crippen molar-refractivity contribution in [3.05, 3.63) is 53.1 Å². The molecule has 2 N–H and O–H groups in total. The van der Waals surface area contributed by atoms with Crippen molar-refractivity contribution < 1.29 is 9.18 Å². The van der Waals surface area contributed by atoms with E-state index in [4.69, 9.17) is 0 Å². The fraction of sp³-hybridized carbons (Fsp3) is 0.500. The number of guanidine groups is 1. The molecule has 172 valence electrons. The minimum absolute atomic E-state index is 0. The molecule has 0 aliphatic rings. The number of nitrogens with one attached hydrogen (secondary N) is 2. The van der Waals surface area contributed by atoms with Gasteiger partial charge in [-0.2, -0.15) is 5.10 Å². The third-order valence-corrected chi connectivity index (χ3v) is 4.56. The van der Waals surface area contributed by atoms with Gasteiger partial charge in [-0.15, -0.1) is 24.0 Å². The summed E-state index contributed by atoms with van der Waals surface area (Å²) in [5, 5.41) is 10.7. The summed E-state index contributed by atoms with van der Waals surface area (Å²) < 4.78 is 14.8. The molecule has 9 heteroatoms. The van der Waals surface area contributed by atoms with Crippen LogP contribution in [0.5, 0.6) is 0 Å². The molecule has 1 amide bonds. The highest BCUT2D eigenvalue weighted by Gasteiger charge is 2.15. The fourth-order valence-corrected chi connectivity index (χ4v) is 3.17. The highest BCUT2D eigenvalue weighted by molar-refractivity contribution is 14.0.